The number of nitrogens with one attached hydrogen (secondary N) is 3. The van der Waals surface area contributed by atoms with E-state index in [0.717, 1.165) is 52.3 Å². The zero-order valence-electron chi connectivity index (χ0n) is 35.3. The van der Waals surface area contributed by atoms with E-state index >= 15 is 0 Å². The molecule has 0 aromatic carbocycles. The predicted molar refractivity (Wildman–Crippen MR) is 202 cm³/mol. The summed E-state index contributed by atoms with van der Waals surface area (Å²) in [5.41, 5.74) is -1.06. The number of carbonyl (C=O) groups excluding carboxylic acids is 8. The number of ether oxygens (including phenoxy) is 7. The quantitative estimate of drug-likeness (QED) is 0.0748. The highest BCUT2D eigenvalue weighted by atomic mass is 31.1. The van der Waals surface area contributed by atoms with Crippen molar-refractivity contribution in [2.45, 2.75) is 116 Å². The van der Waals surface area contributed by atoms with Crippen LogP contribution in [0.4, 0.5) is 19.0 Å². The normalized spacial score (nSPS) is 25.4. The molecule has 3 rings (SSSR count). The second kappa shape index (κ2) is 22.7. The summed E-state index contributed by atoms with van der Waals surface area (Å²) >= 11 is 0. The van der Waals surface area contributed by atoms with E-state index in [4.69, 9.17) is 42.2 Å². The van der Waals surface area contributed by atoms with Crippen molar-refractivity contribution in [3.63, 3.8) is 0 Å². The van der Waals surface area contributed by atoms with Crippen LogP contribution in [0.5, 0.6) is 0 Å². The number of halogens is 3. The van der Waals surface area contributed by atoms with Crippen LogP contribution in [0.25, 0.3) is 0 Å². The van der Waals surface area contributed by atoms with E-state index in [9.17, 15) is 70.8 Å². The van der Waals surface area contributed by atoms with Crippen LogP contribution in [0, 0.1) is 5.92 Å². The molecule has 0 radical (unpaired) electrons. The lowest BCUT2D eigenvalue weighted by Crippen LogP contribution is -2.67. The third kappa shape index (κ3) is 15.3. The number of carbonyl (C=O) groups is 9. The van der Waals surface area contributed by atoms with Gasteiger partial charge in [0.15, 0.2) is 18.4 Å². The van der Waals surface area contributed by atoms with Crippen molar-refractivity contribution < 1.29 is 108 Å². The molecule has 2 aliphatic rings. The minimum atomic E-state index is -5.41. The van der Waals surface area contributed by atoms with Crippen molar-refractivity contribution in [1.29, 1.82) is 0 Å². The lowest BCUT2D eigenvalue weighted by atomic mass is 9.84. The summed E-state index contributed by atoms with van der Waals surface area (Å²) in [5, 5.41) is 16.4. The van der Waals surface area contributed by atoms with Crippen molar-refractivity contribution in [3.05, 3.63) is 22.7 Å². The first-order valence-corrected chi connectivity index (χ1v) is 20.1. The Bertz CT molecular complexity index is 2090. The summed E-state index contributed by atoms with van der Waals surface area (Å²) in [4.78, 5) is 126. The first kappa shape index (κ1) is 53.3. The molecule has 0 saturated carbocycles. The van der Waals surface area contributed by atoms with Crippen molar-refractivity contribution in [2.24, 2.45) is 5.92 Å². The molecule has 11 atom stereocenters. The van der Waals surface area contributed by atoms with Gasteiger partial charge in [0, 0.05) is 53.7 Å². The van der Waals surface area contributed by atoms with Gasteiger partial charge >= 0.3 is 61.8 Å². The highest BCUT2D eigenvalue weighted by molar-refractivity contribution is 7.33. The van der Waals surface area contributed by atoms with Gasteiger partial charge in [-0.05, 0) is 6.07 Å². The van der Waals surface area contributed by atoms with Crippen LogP contribution >= 0.6 is 8.25 Å². The number of aromatic nitrogens is 2. The summed E-state index contributed by atoms with van der Waals surface area (Å²) in [5.74, 6) is -16.3. The highest BCUT2D eigenvalue weighted by Gasteiger charge is 2.58. The van der Waals surface area contributed by atoms with Gasteiger partial charge in [-0.3, -0.25) is 52.0 Å². The highest BCUT2D eigenvalue weighted by Crippen LogP contribution is 2.44. The Labute approximate surface area is 365 Å². The number of hydrogen-bond acceptors (Lipinski definition) is 21. The second-order valence-electron chi connectivity index (χ2n) is 14.1. The number of carboxylic acids is 1. The van der Waals surface area contributed by atoms with Crippen LogP contribution in [0.2, 0.25) is 0 Å². The van der Waals surface area contributed by atoms with Crippen LogP contribution in [0.3, 0.4) is 0 Å². The molecule has 0 aliphatic carbocycles. The largest absolute Gasteiger partial charge is 0.477 e. The standard InChI is InChI=1S/C35H45F3N5O21P/c1-14(22(59-18(5)47)12-56-16(3)45)27-26(42-25(50)11-39-31(51)35(36,37)38)21(58-17(4)46)10-34(63-27,32(52)53)64-65(55)57-13-23-28(60-19(6)48)29(61-20(7)49)30(62-23)43-9-8-24(40-15(2)44)41-33(43)54/h8-9,14,21-23,26-30,65H,10-13H2,1-7H3,(H,39,51)(H,42,50)(H,52,53)(H,40,41,44,54)/t14-,21?,22-,23-,26-,27?,28?,29?,30-,34-/m1/s1. The molecule has 2 fully saturated rings. The number of hydrogen-bond donors (Lipinski definition) is 4. The molecule has 65 heavy (non-hydrogen) atoms. The average Bonchev–Trinajstić information content (AvgIpc) is 3.48. The van der Waals surface area contributed by atoms with Gasteiger partial charge in [0.2, 0.25) is 11.8 Å². The molecular weight excluding hydrogens is 914 g/mol. The Balaban J connectivity index is 2.03. The number of alkyl halides is 3. The zero-order chi connectivity index (χ0) is 49.1. The van der Waals surface area contributed by atoms with E-state index < -0.39 is 160 Å². The SMILES string of the molecule is CC(=O)Nc1ccn([C@@H]2O[C@H](CO[PH](=O)O[C@@]3(C(=O)O)CC(OC(C)=O)[C@@H](NC(=O)CNC(=O)C(F)(F)F)C([C@H](C)[C@@H](COC(C)=O)OC(C)=O)O3)C(OC(C)=O)C2OC(C)=O)c(=O)n1. The van der Waals surface area contributed by atoms with Crippen molar-refractivity contribution in [1.82, 2.24) is 20.2 Å². The molecule has 2 saturated heterocycles. The number of carboxylic acid groups (broad SMARTS) is 1. The number of aliphatic carboxylic acids is 1. The van der Waals surface area contributed by atoms with E-state index in [1.54, 1.807) is 0 Å². The average molecular weight is 960 g/mol. The number of rotatable bonds is 19. The van der Waals surface area contributed by atoms with Crippen LogP contribution in [-0.2, 0) is 89.9 Å². The smallest absolute Gasteiger partial charge is 0.471 e. The van der Waals surface area contributed by atoms with Gasteiger partial charge in [-0.2, -0.15) is 18.2 Å². The lowest BCUT2D eigenvalue weighted by molar-refractivity contribution is -0.280. The van der Waals surface area contributed by atoms with Gasteiger partial charge in [0.05, 0.1) is 31.7 Å². The maximum Gasteiger partial charge on any atom is 0.471 e. The molecule has 3 amide bonds. The van der Waals surface area contributed by atoms with Crippen LogP contribution in [-0.4, -0.2) is 143 Å². The third-order valence-electron chi connectivity index (χ3n) is 8.97. The molecule has 5 unspecified atom stereocenters. The topological polar surface area (TPSA) is 345 Å². The lowest BCUT2D eigenvalue weighted by Gasteiger charge is -2.48. The fourth-order valence-corrected chi connectivity index (χ4v) is 7.28. The van der Waals surface area contributed by atoms with Gasteiger partial charge < -0.3 is 58.7 Å². The van der Waals surface area contributed by atoms with Crippen LogP contribution in [0.1, 0.15) is 61.1 Å². The predicted octanol–water partition coefficient (Wildman–Crippen LogP) is -0.819. The summed E-state index contributed by atoms with van der Waals surface area (Å²) in [6.07, 6.45) is -17.4. The molecule has 26 nitrogen and oxygen atoms in total. The fourth-order valence-electron chi connectivity index (χ4n) is 6.43. The molecule has 1 aromatic rings. The first-order valence-electron chi connectivity index (χ1n) is 18.9. The Hall–Kier alpha value is -6.03. The van der Waals surface area contributed by atoms with E-state index in [0.29, 0.717) is 0 Å². The molecule has 4 N–H and O–H groups in total. The maximum atomic E-state index is 13.7. The molecule has 362 valence electrons. The molecule has 2 aliphatic heterocycles. The first-order chi connectivity index (χ1) is 30.1. The summed E-state index contributed by atoms with van der Waals surface area (Å²) < 4.78 is 102. The van der Waals surface area contributed by atoms with Crippen LogP contribution < -0.4 is 21.6 Å². The van der Waals surface area contributed by atoms with Gasteiger partial charge in [-0.25, -0.2) is 9.59 Å². The number of esters is 5. The fraction of sp³-hybridized carbons (Fsp3) is 0.629. The third-order valence-corrected chi connectivity index (χ3v) is 9.87. The Morgan fingerprint density at radius 3 is 2.09 bits per heavy atom. The molecule has 3 heterocycles. The van der Waals surface area contributed by atoms with Gasteiger partial charge in [0.1, 0.15) is 30.7 Å². The van der Waals surface area contributed by atoms with Crippen molar-refractivity contribution in [3.8, 4) is 0 Å². The van der Waals surface area contributed by atoms with Gasteiger partial charge in [-0.15, -0.1) is 0 Å². The van der Waals surface area contributed by atoms with Gasteiger partial charge in [0.25, 0.3) is 5.79 Å². The Kier molecular flexibility index (Phi) is 18.6. The molecule has 0 spiro atoms. The molecule has 30 heteroatoms. The number of nitrogens with zero attached hydrogens (tertiary/aromatic N) is 2. The van der Waals surface area contributed by atoms with Crippen molar-refractivity contribution >= 4 is 67.6 Å². The minimum Gasteiger partial charge on any atom is -0.477 e. The molecule has 0 bridgehead atoms. The maximum absolute atomic E-state index is 13.7. The van der Waals surface area contributed by atoms with Gasteiger partial charge in [-0.1, -0.05) is 6.92 Å². The van der Waals surface area contributed by atoms with Crippen LogP contribution in [0.15, 0.2) is 17.1 Å². The Morgan fingerprint density at radius 1 is 0.954 bits per heavy atom. The zero-order valence-corrected chi connectivity index (χ0v) is 36.3. The number of amides is 3. The summed E-state index contributed by atoms with van der Waals surface area (Å²) in [6.45, 7) is 4.01. The summed E-state index contributed by atoms with van der Waals surface area (Å²) in [7, 11) is -4.25. The van der Waals surface area contributed by atoms with E-state index in [2.05, 4.69) is 15.6 Å². The van der Waals surface area contributed by atoms with Crippen molar-refractivity contribution in [2.75, 3.05) is 25.1 Å². The molecular formula is C35H45F3N5O21P. The monoisotopic (exact) mass is 959 g/mol. The summed E-state index contributed by atoms with van der Waals surface area (Å²) in [6, 6.07) is -0.622. The molecule has 1 aromatic heterocycles. The number of anilines is 1. The minimum absolute atomic E-state index is 0.174. The second-order valence-corrected chi connectivity index (χ2v) is 15.1. The Morgan fingerprint density at radius 2 is 1.57 bits per heavy atom. The van der Waals surface area contributed by atoms with E-state index in [1.807, 2.05) is 0 Å². The van der Waals surface area contributed by atoms with E-state index in [-0.39, 0.29) is 5.82 Å². The van der Waals surface area contributed by atoms with E-state index in [1.165, 1.54) is 18.3 Å².